The minimum Gasteiger partial charge on any atom is -0.311 e. The summed E-state index contributed by atoms with van der Waals surface area (Å²) in [5, 5.41) is 28.3. The van der Waals surface area contributed by atoms with Gasteiger partial charge in [-0.1, -0.05) is 120 Å². The number of benzene rings is 8. The summed E-state index contributed by atoms with van der Waals surface area (Å²) in [5.41, 5.74) is 14.0. The Morgan fingerprint density at radius 2 is 0.893 bits per heavy atom. The molecule has 0 unspecified atom stereocenters. The molecular weight excluding hydrogens is 948 g/mol. The SMILES string of the molecule is CCOP(=O)(Cc1cc(C#N)c(C=O)cc1C#N)OCC.[C-]#[N+]c1cc(/C=C/c2ccc(N(c3ccccc3)c3ccc(C)cc3)cc2)c(C#N)cc1/C=C/c1ccc(N(c2ccccc2)c2ccc(C)cc2)cc1. The monoisotopic (exact) mass is 1000 g/mol. The van der Waals surface area contributed by atoms with Crippen molar-refractivity contribution >= 4 is 78.0 Å². The zero-order valence-electron chi connectivity index (χ0n) is 42.1. The topological polar surface area (TPSA) is 135 Å². The van der Waals surface area contributed by atoms with Gasteiger partial charge < -0.3 is 18.8 Å². The lowest BCUT2D eigenvalue weighted by Gasteiger charge is -2.25. The fraction of sp³-hybridized carbons (Fsp3) is 0.109. The minimum absolute atomic E-state index is 0.120. The first-order valence-electron chi connectivity index (χ1n) is 24.2. The molecule has 0 aliphatic heterocycles. The normalized spacial score (nSPS) is 10.9. The lowest BCUT2D eigenvalue weighted by Crippen LogP contribution is -2.09. The summed E-state index contributed by atoms with van der Waals surface area (Å²) < 4.78 is 22.8. The third-order valence-electron chi connectivity index (χ3n) is 11.9. The molecule has 0 spiro atoms. The van der Waals surface area contributed by atoms with Crippen molar-refractivity contribution in [2.75, 3.05) is 23.0 Å². The van der Waals surface area contributed by atoms with Crippen molar-refractivity contribution in [1.29, 1.82) is 15.8 Å². The van der Waals surface area contributed by atoms with Gasteiger partial charge in [-0.05, 0) is 153 Å². The summed E-state index contributed by atoms with van der Waals surface area (Å²) in [6, 6.07) is 66.8. The van der Waals surface area contributed by atoms with Gasteiger partial charge in [-0.15, -0.1) is 0 Å². The molecule has 0 fully saturated rings. The van der Waals surface area contributed by atoms with Gasteiger partial charge in [0.15, 0.2) is 12.0 Å². The summed E-state index contributed by atoms with van der Waals surface area (Å²) >= 11 is 0. The fourth-order valence-electron chi connectivity index (χ4n) is 8.18. The highest BCUT2D eigenvalue weighted by Gasteiger charge is 2.26. The molecule has 0 bridgehead atoms. The van der Waals surface area contributed by atoms with Gasteiger partial charge in [0.2, 0.25) is 0 Å². The molecular formula is C64H53N6O4P. The zero-order chi connectivity index (χ0) is 53.2. The Hall–Kier alpha value is -9.38. The second-order valence-corrected chi connectivity index (χ2v) is 19.2. The maximum atomic E-state index is 12.5. The number of rotatable bonds is 17. The third kappa shape index (κ3) is 13.8. The number of carbonyl (C=O) groups excluding carboxylic acids is 1. The van der Waals surface area contributed by atoms with Crippen molar-refractivity contribution in [3.05, 3.63) is 255 Å². The van der Waals surface area contributed by atoms with Crippen LogP contribution in [0.25, 0.3) is 29.1 Å². The van der Waals surface area contributed by atoms with Gasteiger partial charge in [-0.25, -0.2) is 4.85 Å². The van der Waals surface area contributed by atoms with Crippen LogP contribution in [-0.2, 0) is 19.8 Å². The third-order valence-corrected chi connectivity index (χ3v) is 14.0. The van der Waals surface area contributed by atoms with Crippen LogP contribution in [-0.4, -0.2) is 19.5 Å². The average molecular weight is 1000 g/mol. The van der Waals surface area contributed by atoms with Gasteiger partial charge in [0, 0.05) is 39.7 Å². The van der Waals surface area contributed by atoms with Crippen LogP contribution in [0.2, 0.25) is 0 Å². The summed E-state index contributed by atoms with van der Waals surface area (Å²) in [7, 11) is -3.38. The van der Waals surface area contributed by atoms with E-state index in [1.807, 2.05) is 72.8 Å². The maximum absolute atomic E-state index is 12.5. The molecule has 0 heterocycles. The number of nitriles is 3. The van der Waals surface area contributed by atoms with Crippen LogP contribution in [0.4, 0.5) is 39.8 Å². The Morgan fingerprint density at radius 1 is 0.507 bits per heavy atom. The molecule has 368 valence electrons. The molecule has 11 heteroatoms. The van der Waals surface area contributed by atoms with Crippen LogP contribution in [0.5, 0.6) is 0 Å². The number of nitrogens with zero attached hydrogens (tertiary/aromatic N) is 6. The lowest BCUT2D eigenvalue weighted by atomic mass is 10.0. The van der Waals surface area contributed by atoms with Crippen molar-refractivity contribution in [2.45, 2.75) is 33.9 Å². The minimum atomic E-state index is -3.38. The molecule has 0 saturated heterocycles. The Morgan fingerprint density at radius 3 is 1.29 bits per heavy atom. The molecule has 75 heavy (non-hydrogen) atoms. The maximum Gasteiger partial charge on any atom is 0.335 e. The standard InChI is InChI=1S/C50H38N4.C14H15N2O4P/c1-37-14-26-46(27-15-37)53(44-10-6-4-7-11-44)48-30-20-39(21-31-48)18-24-41-35-50(52-3)42(34-43(41)36-51)25-19-40-22-32-49(33-23-40)54(45-12-8-5-9-13-45)47-28-16-38(2)17-29-47;1-3-19-21(18,20-4-2)10-14-6-11(7-15)13(9-17)5-12(14)8-16/h4-35H,1-2H3;5-6,9H,3-4,10H2,1-2H3/b24-18+,25-19+;. The van der Waals surface area contributed by atoms with Crippen molar-refractivity contribution in [1.82, 2.24) is 0 Å². The number of hydrogen-bond acceptors (Lipinski definition) is 9. The predicted molar refractivity (Wildman–Crippen MR) is 303 cm³/mol. The number of para-hydroxylation sites is 2. The quantitative estimate of drug-likeness (QED) is 0.0378. The first-order valence-corrected chi connectivity index (χ1v) is 25.9. The summed E-state index contributed by atoms with van der Waals surface area (Å²) in [4.78, 5) is 19.2. The van der Waals surface area contributed by atoms with Gasteiger partial charge in [-0.3, -0.25) is 9.36 Å². The van der Waals surface area contributed by atoms with Crippen molar-refractivity contribution < 1.29 is 18.4 Å². The van der Waals surface area contributed by atoms with E-state index in [1.54, 1.807) is 26.0 Å². The van der Waals surface area contributed by atoms with E-state index < -0.39 is 7.60 Å². The molecule has 0 N–H and O–H groups in total. The molecule has 0 saturated carbocycles. The first-order chi connectivity index (χ1) is 36.5. The fourth-order valence-corrected chi connectivity index (χ4v) is 9.91. The van der Waals surface area contributed by atoms with Crippen molar-refractivity contribution in [2.24, 2.45) is 0 Å². The van der Waals surface area contributed by atoms with E-state index in [1.165, 1.54) is 23.3 Å². The van der Waals surface area contributed by atoms with Crippen LogP contribution >= 0.6 is 7.60 Å². The van der Waals surface area contributed by atoms with Crippen LogP contribution in [0.15, 0.2) is 182 Å². The van der Waals surface area contributed by atoms with E-state index in [0.29, 0.717) is 34.2 Å². The molecule has 0 radical (unpaired) electrons. The molecule has 0 aromatic heterocycles. The number of carbonyl (C=O) groups is 1. The lowest BCUT2D eigenvalue weighted by molar-refractivity contribution is 0.112. The zero-order valence-corrected chi connectivity index (χ0v) is 43.0. The molecule has 0 aliphatic carbocycles. The van der Waals surface area contributed by atoms with Gasteiger partial charge in [0.05, 0.1) is 60.8 Å². The van der Waals surface area contributed by atoms with Crippen LogP contribution in [0.3, 0.4) is 0 Å². The molecule has 8 aromatic rings. The Kier molecular flexibility index (Phi) is 18.4. The summed E-state index contributed by atoms with van der Waals surface area (Å²) in [6.07, 6.45) is 8.19. The summed E-state index contributed by atoms with van der Waals surface area (Å²) in [6.45, 7) is 15.9. The Balaban J connectivity index is 0.000000329. The average Bonchev–Trinajstić information content (AvgIpc) is 3.44. The smallest absolute Gasteiger partial charge is 0.311 e. The molecule has 0 aliphatic rings. The van der Waals surface area contributed by atoms with Crippen molar-refractivity contribution in [3.8, 4) is 18.2 Å². The van der Waals surface area contributed by atoms with E-state index in [-0.39, 0.29) is 36.1 Å². The number of aryl methyl sites for hydroxylation is 2. The molecule has 0 atom stereocenters. The molecule has 10 nitrogen and oxygen atoms in total. The molecule has 8 aromatic carbocycles. The van der Waals surface area contributed by atoms with Crippen LogP contribution in [0.1, 0.15) is 79.8 Å². The number of anilines is 6. The Bertz CT molecular complexity index is 3340. The second-order valence-electron chi connectivity index (χ2n) is 17.1. The second kappa shape index (κ2) is 25.8. The highest BCUT2D eigenvalue weighted by atomic mass is 31.2. The first kappa shape index (κ1) is 53.4. The van der Waals surface area contributed by atoms with Crippen LogP contribution in [0, 0.1) is 54.4 Å². The largest absolute Gasteiger partial charge is 0.335 e. The van der Waals surface area contributed by atoms with E-state index in [9.17, 15) is 14.6 Å². The highest BCUT2D eigenvalue weighted by Crippen LogP contribution is 2.52. The van der Waals surface area contributed by atoms with Gasteiger partial charge >= 0.3 is 7.60 Å². The van der Waals surface area contributed by atoms with Crippen LogP contribution < -0.4 is 9.80 Å². The van der Waals surface area contributed by atoms with Crippen molar-refractivity contribution in [3.63, 3.8) is 0 Å². The van der Waals surface area contributed by atoms with Gasteiger partial charge in [0.1, 0.15) is 0 Å². The van der Waals surface area contributed by atoms with E-state index in [4.69, 9.17) is 26.1 Å². The van der Waals surface area contributed by atoms with E-state index in [2.05, 4.69) is 156 Å². The van der Waals surface area contributed by atoms with Gasteiger partial charge in [-0.2, -0.15) is 15.8 Å². The highest BCUT2D eigenvalue weighted by molar-refractivity contribution is 7.53. The molecule has 0 amide bonds. The Labute approximate surface area is 439 Å². The molecule has 8 rings (SSSR count). The summed E-state index contributed by atoms with van der Waals surface area (Å²) in [5.74, 6) is 0. The van der Waals surface area contributed by atoms with E-state index >= 15 is 0 Å². The predicted octanol–water partition coefficient (Wildman–Crippen LogP) is 17.0. The van der Waals surface area contributed by atoms with E-state index in [0.717, 1.165) is 45.3 Å². The van der Waals surface area contributed by atoms with Gasteiger partial charge in [0.25, 0.3) is 0 Å². The number of aldehydes is 1. The number of hydrogen-bond donors (Lipinski definition) is 0.